The lowest BCUT2D eigenvalue weighted by atomic mass is 9.95. The molecule has 0 aliphatic carbocycles. The SMILES string of the molecule is CCCCc1c(C)c(CC)cc(O)c1O. The lowest BCUT2D eigenvalue weighted by molar-refractivity contribution is 0.397. The van der Waals surface area contributed by atoms with Crippen LogP contribution in [-0.2, 0) is 12.8 Å². The molecule has 15 heavy (non-hydrogen) atoms. The van der Waals surface area contributed by atoms with Gasteiger partial charge in [0.2, 0.25) is 0 Å². The van der Waals surface area contributed by atoms with Crippen molar-refractivity contribution in [2.45, 2.75) is 46.5 Å². The highest BCUT2D eigenvalue weighted by molar-refractivity contribution is 5.52. The molecular formula is C13H20O2. The van der Waals surface area contributed by atoms with E-state index in [1.807, 2.05) is 6.92 Å². The molecule has 0 bridgehead atoms. The molecule has 1 aromatic carbocycles. The van der Waals surface area contributed by atoms with E-state index in [4.69, 9.17) is 0 Å². The summed E-state index contributed by atoms with van der Waals surface area (Å²) in [7, 11) is 0. The van der Waals surface area contributed by atoms with Crippen molar-refractivity contribution in [3.8, 4) is 11.5 Å². The van der Waals surface area contributed by atoms with Crippen LogP contribution in [-0.4, -0.2) is 10.2 Å². The molecule has 0 aliphatic rings. The summed E-state index contributed by atoms with van der Waals surface area (Å²) >= 11 is 0. The Labute approximate surface area is 91.6 Å². The largest absolute Gasteiger partial charge is 0.504 e. The molecule has 1 aromatic rings. The molecule has 0 amide bonds. The zero-order valence-electron chi connectivity index (χ0n) is 9.80. The van der Waals surface area contributed by atoms with Crippen molar-refractivity contribution in [1.29, 1.82) is 0 Å². The topological polar surface area (TPSA) is 40.5 Å². The fraction of sp³-hybridized carbons (Fsp3) is 0.538. The molecule has 2 N–H and O–H groups in total. The van der Waals surface area contributed by atoms with Gasteiger partial charge in [0.15, 0.2) is 11.5 Å². The number of unbranched alkanes of at least 4 members (excludes halogenated alkanes) is 1. The first-order valence-electron chi connectivity index (χ1n) is 5.65. The van der Waals surface area contributed by atoms with Crippen LogP contribution >= 0.6 is 0 Å². The Morgan fingerprint density at radius 1 is 1.20 bits per heavy atom. The van der Waals surface area contributed by atoms with E-state index >= 15 is 0 Å². The Balaban J connectivity index is 3.15. The Morgan fingerprint density at radius 3 is 2.40 bits per heavy atom. The van der Waals surface area contributed by atoms with E-state index in [1.165, 1.54) is 0 Å². The van der Waals surface area contributed by atoms with Gasteiger partial charge < -0.3 is 10.2 Å². The summed E-state index contributed by atoms with van der Waals surface area (Å²) in [5.74, 6) is 0.0849. The monoisotopic (exact) mass is 208 g/mol. The fourth-order valence-electron chi connectivity index (χ4n) is 1.89. The Kier molecular flexibility index (Phi) is 4.01. The van der Waals surface area contributed by atoms with E-state index < -0.39 is 0 Å². The van der Waals surface area contributed by atoms with Crippen molar-refractivity contribution in [2.75, 3.05) is 0 Å². The van der Waals surface area contributed by atoms with Crippen LogP contribution in [0.2, 0.25) is 0 Å². The Bertz CT molecular complexity index is 343. The summed E-state index contributed by atoms with van der Waals surface area (Å²) in [6.45, 7) is 6.20. The van der Waals surface area contributed by atoms with Crippen LogP contribution in [0, 0.1) is 6.92 Å². The van der Waals surface area contributed by atoms with E-state index in [9.17, 15) is 10.2 Å². The standard InChI is InChI=1S/C13H20O2/c1-4-6-7-11-9(3)10(5-2)8-12(14)13(11)15/h8,14-15H,4-7H2,1-3H3. The second kappa shape index (κ2) is 5.06. The highest BCUT2D eigenvalue weighted by atomic mass is 16.3. The summed E-state index contributed by atoms with van der Waals surface area (Å²) in [6, 6.07) is 1.67. The first-order chi connectivity index (χ1) is 7.11. The van der Waals surface area contributed by atoms with E-state index in [1.54, 1.807) is 6.07 Å². The summed E-state index contributed by atoms with van der Waals surface area (Å²) in [5, 5.41) is 19.4. The van der Waals surface area contributed by atoms with Crippen LogP contribution in [0.25, 0.3) is 0 Å². The van der Waals surface area contributed by atoms with Gasteiger partial charge >= 0.3 is 0 Å². The van der Waals surface area contributed by atoms with Crippen molar-refractivity contribution < 1.29 is 10.2 Å². The molecule has 1 rings (SSSR count). The quantitative estimate of drug-likeness (QED) is 0.745. The number of phenols is 2. The van der Waals surface area contributed by atoms with Gasteiger partial charge in [-0.2, -0.15) is 0 Å². The van der Waals surface area contributed by atoms with Gasteiger partial charge in [-0.15, -0.1) is 0 Å². The van der Waals surface area contributed by atoms with Crippen LogP contribution in [0.5, 0.6) is 11.5 Å². The number of hydrogen-bond acceptors (Lipinski definition) is 2. The predicted molar refractivity (Wildman–Crippen MR) is 62.5 cm³/mol. The number of rotatable bonds is 4. The second-order valence-corrected chi connectivity index (χ2v) is 3.96. The first kappa shape index (κ1) is 11.9. The highest BCUT2D eigenvalue weighted by Crippen LogP contribution is 2.34. The molecule has 2 heteroatoms. The molecular weight excluding hydrogens is 188 g/mol. The zero-order valence-corrected chi connectivity index (χ0v) is 9.80. The highest BCUT2D eigenvalue weighted by Gasteiger charge is 2.12. The Morgan fingerprint density at radius 2 is 1.87 bits per heavy atom. The summed E-state index contributed by atoms with van der Waals surface area (Å²) in [6.07, 6.45) is 3.87. The maximum atomic E-state index is 9.77. The van der Waals surface area contributed by atoms with Gasteiger partial charge in [0.05, 0.1) is 0 Å². The van der Waals surface area contributed by atoms with Crippen LogP contribution in [0.1, 0.15) is 43.4 Å². The second-order valence-electron chi connectivity index (χ2n) is 3.96. The van der Waals surface area contributed by atoms with E-state index in [0.717, 1.165) is 42.4 Å². The third-order valence-corrected chi connectivity index (χ3v) is 2.93. The summed E-state index contributed by atoms with van der Waals surface area (Å²) < 4.78 is 0. The minimum atomic E-state index is 0.0172. The van der Waals surface area contributed by atoms with Gasteiger partial charge in [0.25, 0.3) is 0 Å². The number of hydrogen-bond donors (Lipinski definition) is 2. The van der Waals surface area contributed by atoms with E-state index in [2.05, 4.69) is 13.8 Å². The van der Waals surface area contributed by atoms with Gasteiger partial charge in [0, 0.05) is 5.56 Å². The summed E-state index contributed by atoms with van der Waals surface area (Å²) in [4.78, 5) is 0. The van der Waals surface area contributed by atoms with Crippen molar-refractivity contribution in [3.05, 3.63) is 22.8 Å². The molecule has 0 fully saturated rings. The molecule has 0 saturated heterocycles. The van der Waals surface area contributed by atoms with Gasteiger partial charge in [0.1, 0.15) is 0 Å². The van der Waals surface area contributed by atoms with Crippen LogP contribution in [0.4, 0.5) is 0 Å². The lowest BCUT2D eigenvalue weighted by Gasteiger charge is -2.13. The summed E-state index contributed by atoms with van der Waals surface area (Å²) in [5.41, 5.74) is 3.16. The molecule has 0 spiro atoms. The average Bonchev–Trinajstić information content (AvgIpc) is 2.23. The fourth-order valence-corrected chi connectivity index (χ4v) is 1.89. The first-order valence-corrected chi connectivity index (χ1v) is 5.65. The minimum absolute atomic E-state index is 0.0172. The van der Waals surface area contributed by atoms with Gasteiger partial charge in [-0.25, -0.2) is 0 Å². The van der Waals surface area contributed by atoms with Gasteiger partial charge in [-0.1, -0.05) is 20.3 Å². The Hall–Kier alpha value is -1.18. The van der Waals surface area contributed by atoms with Crippen molar-refractivity contribution in [2.24, 2.45) is 0 Å². The molecule has 84 valence electrons. The van der Waals surface area contributed by atoms with E-state index in [-0.39, 0.29) is 11.5 Å². The predicted octanol–water partition coefficient (Wildman–Crippen LogP) is 3.31. The van der Waals surface area contributed by atoms with Crippen molar-refractivity contribution >= 4 is 0 Å². The minimum Gasteiger partial charge on any atom is -0.504 e. The molecule has 2 nitrogen and oxygen atoms in total. The number of benzene rings is 1. The number of aryl methyl sites for hydroxylation is 1. The molecule has 0 aliphatic heterocycles. The maximum Gasteiger partial charge on any atom is 0.160 e. The van der Waals surface area contributed by atoms with Gasteiger partial charge in [-0.3, -0.25) is 0 Å². The van der Waals surface area contributed by atoms with Crippen molar-refractivity contribution in [3.63, 3.8) is 0 Å². The average molecular weight is 208 g/mol. The molecule has 0 radical (unpaired) electrons. The van der Waals surface area contributed by atoms with E-state index in [0.29, 0.717) is 0 Å². The molecule has 0 aromatic heterocycles. The molecule has 0 saturated carbocycles. The smallest absolute Gasteiger partial charge is 0.160 e. The van der Waals surface area contributed by atoms with Crippen LogP contribution < -0.4 is 0 Å². The van der Waals surface area contributed by atoms with Crippen LogP contribution in [0.3, 0.4) is 0 Å². The molecule has 0 heterocycles. The normalized spacial score (nSPS) is 10.6. The molecule has 0 atom stereocenters. The van der Waals surface area contributed by atoms with Gasteiger partial charge in [-0.05, 0) is 43.4 Å². The maximum absolute atomic E-state index is 9.77. The lowest BCUT2D eigenvalue weighted by Crippen LogP contribution is -1.96. The van der Waals surface area contributed by atoms with Crippen LogP contribution in [0.15, 0.2) is 6.07 Å². The third-order valence-electron chi connectivity index (χ3n) is 2.93. The zero-order chi connectivity index (χ0) is 11.4. The van der Waals surface area contributed by atoms with Crippen molar-refractivity contribution in [1.82, 2.24) is 0 Å². The third kappa shape index (κ3) is 2.44. The molecule has 0 unspecified atom stereocenters. The number of phenolic OH excluding ortho intramolecular Hbond substituents is 2. The number of aromatic hydroxyl groups is 2.